The molecule has 5 atom stereocenters. The summed E-state index contributed by atoms with van der Waals surface area (Å²) in [4.78, 5) is 42.8. The van der Waals surface area contributed by atoms with Crippen LogP contribution in [0.3, 0.4) is 0 Å². The number of likely N-dealkylation sites (tertiary alicyclic amines) is 1. The first-order chi connectivity index (χ1) is 18.0. The molecule has 3 N–H and O–H groups in total. The van der Waals surface area contributed by atoms with Gasteiger partial charge in [0.05, 0.1) is 11.6 Å². The van der Waals surface area contributed by atoms with Crippen LogP contribution in [0.2, 0.25) is 0 Å². The third kappa shape index (κ3) is 4.59. The second kappa shape index (κ2) is 9.60. The van der Waals surface area contributed by atoms with Crippen LogP contribution in [0.1, 0.15) is 48.2 Å². The van der Waals surface area contributed by atoms with E-state index in [-0.39, 0.29) is 41.0 Å². The number of hydrogen-bond donors (Lipinski definition) is 3. The summed E-state index contributed by atoms with van der Waals surface area (Å²) in [6, 6.07) is 1.74. The normalized spacial score (nSPS) is 27.1. The third-order valence-corrected chi connectivity index (χ3v) is 8.01. The highest BCUT2D eigenvalue weighted by Crippen LogP contribution is 2.50. The van der Waals surface area contributed by atoms with Crippen LogP contribution in [-0.4, -0.2) is 58.7 Å². The van der Waals surface area contributed by atoms with Crippen molar-refractivity contribution in [1.82, 2.24) is 20.5 Å². The van der Waals surface area contributed by atoms with E-state index in [1.54, 1.807) is 0 Å². The minimum atomic E-state index is -3.00. The van der Waals surface area contributed by atoms with Gasteiger partial charge in [-0.3, -0.25) is 14.4 Å². The molecule has 3 heterocycles. The van der Waals surface area contributed by atoms with Crippen molar-refractivity contribution < 1.29 is 31.9 Å². The number of aromatic nitrogens is 1. The van der Waals surface area contributed by atoms with Gasteiger partial charge in [0.25, 0.3) is 5.91 Å². The summed E-state index contributed by atoms with van der Waals surface area (Å²) in [6.45, 7) is 1.78. The number of aromatic amines is 1. The predicted octanol–water partition coefficient (Wildman–Crippen LogP) is 3.17. The molecule has 2 saturated heterocycles. The molecule has 1 saturated carbocycles. The standard InChI is InChI=1S/C26H27F4N5O3/c1-12-5-18(27)16-7-19(34-21(16)20(12)28)25(38)35-11-14-8-26(29,30)9-17(14)22(35)24(37)33-15(10-31)6-13-3-2-4-32-23(13)36/h5,7,13-15,17,22,34H,2-4,6,8-9,11H2,1H3,(H,32,36)(H,33,37)/t13-,14+,15+,17+,22+/m0/s1. The molecule has 5 rings (SSSR count). The van der Waals surface area contributed by atoms with Crippen molar-refractivity contribution in [2.75, 3.05) is 13.1 Å². The van der Waals surface area contributed by atoms with Crippen LogP contribution in [0.5, 0.6) is 0 Å². The highest BCUT2D eigenvalue weighted by atomic mass is 19.3. The smallest absolute Gasteiger partial charge is 0.271 e. The molecule has 0 radical (unpaired) electrons. The number of carbonyl (C=O) groups is 3. The maximum absolute atomic E-state index is 14.6. The second-order valence-corrected chi connectivity index (χ2v) is 10.6. The summed E-state index contributed by atoms with van der Waals surface area (Å²) >= 11 is 0. The summed E-state index contributed by atoms with van der Waals surface area (Å²) in [5.74, 6) is -8.18. The Morgan fingerprint density at radius 2 is 2.05 bits per heavy atom. The molecule has 2 aromatic rings. The van der Waals surface area contributed by atoms with Gasteiger partial charge in [0.15, 0.2) is 0 Å². The van der Waals surface area contributed by atoms with Gasteiger partial charge in [-0.15, -0.1) is 0 Å². The first-order valence-electron chi connectivity index (χ1n) is 12.6. The lowest BCUT2D eigenvalue weighted by atomic mass is 9.90. The van der Waals surface area contributed by atoms with Gasteiger partial charge in [0.1, 0.15) is 29.4 Å². The minimum Gasteiger partial charge on any atom is -0.356 e. The van der Waals surface area contributed by atoms with E-state index in [9.17, 15) is 37.2 Å². The molecular formula is C26H27F4N5O3. The number of rotatable bonds is 5. The lowest BCUT2D eigenvalue weighted by Gasteiger charge is -2.29. The Kier molecular flexibility index (Phi) is 6.57. The summed E-state index contributed by atoms with van der Waals surface area (Å²) in [6.07, 6.45) is 0.245. The first kappa shape index (κ1) is 26.0. The van der Waals surface area contributed by atoms with Crippen LogP contribution in [0.25, 0.3) is 10.9 Å². The molecule has 12 heteroatoms. The van der Waals surface area contributed by atoms with Crippen LogP contribution in [0.15, 0.2) is 12.1 Å². The van der Waals surface area contributed by atoms with Gasteiger partial charge < -0.3 is 20.5 Å². The predicted molar refractivity (Wildman–Crippen MR) is 127 cm³/mol. The molecule has 1 aromatic carbocycles. The van der Waals surface area contributed by atoms with Gasteiger partial charge in [0, 0.05) is 37.2 Å². The zero-order valence-electron chi connectivity index (χ0n) is 20.6. The molecule has 0 spiro atoms. The topological polar surface area (TPSA) is 118 Å². The molecule has 3 aliphatic rings. The monoisotopic (exact) mass is 533 g/mol. The summed E-state index contributed by atoms with van der Waals surface area (Å²) in [5, 5.41) is 14.8. The van der Waals surface area contributed by atoms with Crippen LogP contribution in [0.4, 0.5) is 17.6 Å². The Labute approximate surface area is 215 Å². The number of nitriles is 1. The third-order valence-electron chi connectivity index (χ3n) is 8.01. The fourth-order valence-corrected chi connectivity index (χ4v) is 6.20. The number of halogens is 4. The van der Waals surface area contributed by atoms with E-state index in [0.717, 1.165) is 23.5 Å². The van der Waals surface area contributed by atoms with Crippen molar-refractivity contribution in [1.29, 1.82) is 5.26 Å². The number of carbonyl (C=O) groups excluding carboxylic acids is 3. The van der Waals surface area contributed by atoms with E-state index in [0.29, 0.717) is 13.0 Å². The zero-order chi connectivity index (χ0) is 27.4. The summed E-state index contributed by atoms with van der Waals surface area (Å²) < 4.78 is 57.6. The number of nitrogens with zero attached hydrogens (tertiary/aromatic N) is 2. The number of nitrogens with one attached hydrogen (secondary N) is 3. The van der Waals surface area contributed by atoms with E-state index in [4.69, 9.17) is 0 Å². The van der Waals surface area contributed by atoms with Crippen molar-refractivity contribution in [2.45, 2.75) is 57.0 Å². The van der Waals surface area contributed by atoms with Crippen molar-refractivity contribution in [3.8, 4) is 6.07 Å². The quantitative estimate of drug-likeness (QED) is 0.512. The van der Waals surface area contributed by atoms with E-state index < -0.39 is 72.1 Å². The number of aryl methyl sites for hydroxylation is 1. The highest BCUT2D eigenvalue weighted by Gasteiger charge is 2.58. The summed E-state index contributed by atoms with van der Waals surface area (Å²) in [7, 11) is 0. The lowest BCUT2D eigenvalue weighted by molar-refractivity contribution is -0.129. The molecule has 38 heavy (non-hydrogen) atoms. The van der Waals surface area contributed by atoms with Crippen molar-refractivity contribution in [3.63, 3.8) is 0 Å². The van der Waals surface area contributed by atoms with E-state index in [1.807, 2.05) is 6.07 Å². The minimum absolute atomic E-state index is 0.0419. The fourth-order valence-electron chi connectivity index (χ4n) is 6.20. The SMILES string of the molecule is Cc1cc(F)c2cc(C(=O)N3C[C@H]4CC(F)(F)C[C@H]4[C@@H]3C(=O)N[C@@H](C#N)C[C@@H]3CCCNC3=O)[nH]c2c1F. The number of fused-ring (bicyclic) bond motifs is 2. The number of hydrogen-bond acceptors (Lipinski definition) is 4. The molecule has 0 bridgehead atoms. The van der Waals surface area contributed by atoms with Gasteiger partial charge in [-0.25, -0.2) is 17.6 Å². The van der Waals surface area contributed by atoms with E-state index >= 15 is 0 Å². The van der Waals surface area contributed by atoms with Crippen LogP contribution < -0.4 is 10.6 Å². The van der Waals surface area contributed by atoms with Gasteiger partial charge >= 0.3 is 0 Å². The van der Waals surface area contributed by atoms with Crippen molar-refractivity contribution >= 4 is 28.6 Å². The van der Waals surface area contributed by atoms with Crippen molar-refractivity contribution in [2.24, 2.45) is 17.8 Å². The average Bonchev–Trinajstić information content (AvgIpc) is 3.53. The molecule has 1 aliphatic carbocycles. The van der Waals surface area contributed by atoms with Gasteiger partial charge in [-0.2, -0.15) is 5.26 Å². The molecular weight excluding hydrogens is 506 g/mol. The number of H-pyrrole nitrogens is 1. The largest absolute Gasteiger partial charge is 0.356 e. The molecule has 1 aromatic heterocycles. The Morgan fingerprint density at radius 3 is 2.76 bits per heavy atom. The molecule has 8 nitrogen and oxygen atoms in total. The van der Waals surface area contributed by atoms with Crippen molar-refractivity contribution in [3.05, 3.63) is 35.0 Å². The fraction of sp³-hybridized carbons (Fsp3) is 0.538. The molecule has 0 unspecified atom stereocenters. The lowest BCUT2D eigenvalue weighted by Crippen LogP contribution is -2.52. The van der Waals surface area contributed by atoms with Gasteiger partial charge in [0.2, 0.25) is 17.7 Å². The van der Waals surface area contributed by atoms with Gasteiger partial charge in [-0.1, -0.05) is 0 Å². The summed E-state index contributed by atoms with van der Waals surface area (Å²) in [5.41, 5.74) is -0.336. The molecule has 3 amide bonds. The Morgan fingerprint density at radius 1 is 1.29 bits per heavy atom. The van der Waals surface area contributed by atoms with Crippen LogP contribution in [-0.2, 0) is 9.59 Å². The van der Waals surface area contributed by atoms with Crippen LogP contribution >= 0.6 is 0 Å². The number of alkyl halides is 2. The second-order valence-electron chi connectivity index (χ2n) is 10.6. The average molecular weight is 534 g/mol. The zero-order valence-corrected chi connectivity index (χ0v) is 20.6. The maximum atomic E-state index is 14.6. The number of benzene rings is 1. The Hall–Kier alpha value is -3.62. The Balaban J connectivity index is 1.41. The molecule has 3 fully saturated rings. The maximum Gasteiger partial charge on any atom is 0.271 e. The number of piperidine rings is 1. The van der Waals surface area contributed by atoms with Crippen LogP contribution in [0, 0.1) is 47.6 Å². The molecule has 2 aliphatic heterocycles. The molecule has 202 valence electrons. The highest BCUT2D eigenvalue weighted by molar-refractivity contribution is 6.01. The van der Waals surface area contributed by atoms with Gasteiger partial charge in [-0.05, 0) is 55.7 Å². The van der Waals surface area contributed by atoms with E-state index in [1.165, 1.54) is 6.92 Å². The first-order valence-corrected chi connectivity index (χ1v) is 12.6. The van der Waals surface area contributed by atoms with E-state index in [2.05, 4.69) is 15.6 Å². The Bertz CT molecular complexity index is 1350. The number of amides is 3.